The molecule has 0 spiro atoms. The first-order valence-corrected chi connectivity index (χ1v) is 10.2. The third-order valence-corrected chi connectivity index (χ3v) is 5.44. The maximum Gasteiger partial charge on any atom is 0.274 e. The zero-order chi connectivity index (χ0) is 21.3. The fourth-order valence-electron chi connectivity index (χ4n) is 3.65. The van der Waals surface area contributed by atoms with Crippen LogP contribution in [0.1, 0.15) is 40.8 Å². The summed E-state index contributed by atoms with van der Waals surface area (Å²) in [5.74, 6) is 0.481. The topological polar surface area (TPSA) is 75.1 Å². The van der Waals surface area contributed by atoms with Gasteiger partial charge in [-0.2, -0.15) is 0 Å². The molecule has 0 aliphatic carbocycles. The summed E-state index contributed by atoms with van der Waals surface area (Å²) in [6.07, 6.45) is 6.71. The van der Waals surface area contributed by atoms with Gasteiger partial charge in [-0.3, -0.25) is 9.78 Å². The maximum absolute atomic E-state index is 13.2. The Bertz CT molecular complexity index is 1050. The maximum atomic E-state index is 13.2. The highest BCUT2D eigenvalue weighted by molar-refractivity contribution is 6.30. The van der Waals surface area contributed by atoms with Crippen LogP contribution in [0.2, 0.25) is 5.02 Å². The molecule has 3 aromatic rings. The number of anilines is 1. The predicted octanol–water partition coefficient (Wildman–Crippen LogP) is 3.94. The molecular formula is C22H23ClN6O. The van der Waals surface area contributed by atoms with E-state index in [2.05, 4.69) is 15.0 Å². The molecule has 0 bridgehead atoms. The lowest BCUT2D eigenvalue weighted by atomic mass is 9.99. The number of rotatable bonds is 4. The lowest BCUT2D eigenvalue weighted by Crippen LogP contribution is -2.32. The second-order valence-electron chi connectivity index (χ2n) is 7.57. The molecule has 0 saturated carbocycles. The van der Waals surface area contributed by atoms with E-state index in [1.807, 2.05) is 61.3 Å². The van der Waals surface area contributed by atoms with Crippen LogP contribution in [0.25, 0.3) is 11.1 Å². The van der Waals surface area contributed by atoms with E-state index in [1.165, 1.54) is 0 Å². The molecule has 154 valence electrons. The monoisotopic (exact) mass is 422 g/mol. The molecule has 1 aliphatic heterocycles. The highest BCUT2D eigenvalue weighted by atomic mass is 35.5. The molecular weight excluding hydrogens is 400 g/mol. The van der Waals surface area contributed by atoms with Crippen molar-refractivity contribution in [3.8, 4) is 11.1 Å². The van der Waals surface area contributed by atoms with E-state index in [4.69, 9.17) is 16.6 Å². The Hall–Kier alpha value is -3.06. The van der Waals surface area contributed by atoms with Gasteiger partial charge in [-0.15, -0.1) is 0 Å². The van der Waals surface area contributed by atoms with Crippen LogP contribution in [0.15, 0.2) is 42.9 Å². The van der Waals surface area contributed by atoms with Crippen molar-refractivity contribution >= 4 is 23.5 Å². The van der Waals surface area contributed by atoms with Crippen LogP contribution in [-0.4, -0.2) is 51.4 Å². The summed E-state index contributed by atoms with van der Waals surface area (Å²) in [6.45, 7) is 2.50. The van der Waals surface area contributed by atoms with E-state index < -0.39 is 0 Å². The molecule has 8 heteroatoms. The van der Waals surface area contributed by atoms with Crippen molar-refractivity contribution in [1.29, 1.82) is 0 Å². The van der Waals surface area contributed by atoms with Gasteiger partial charge < -0.3 is 9.80 Å². The Morgan fingerprint density at radius 2 is 1.87 bits per heavy atom. The fourth-order valence-corrected chi connectivity index (χ4v) is 3.78. The average Bonchev–Trinajstić information content (AvgIpc) is 3.23. The smallest absolute Gasteiger partial charge is 0.274 e. The molecule has 30 heavy (non-hydrogen) atoms. The van der Waals surface area contributed by atoms with Gasteiger partial charge in [0, 0.05) is 43.6 Å². The molecule has 1 aromatic carbocycles. The first kappa shape index (κ1) is 20.2. The number of hydrogen-bond donors (Lipinski definition) is 0. The fraction of sp³-hybridized carbons (Fsp3) is 0.318. The van der Waals surface area contributed by atoms with Gasteiger partial charge in [0.05, 0.1) is 23.6 Å². The van der Waals surface area contributed by atoms with Crippen molar-refractivity contribution in [2.24, 2.45) is 0 Å². The zero-order valence-electron chi connectivity index (χ0n) is 17.2. The van der Waals surface area contributed by atoms with Gasteiger partial charge in [-0.1, -0.05) is 23.7 Å². The number of aryl methyl sites for hydroxylation is 1. The van der Waals surface area contributed by atoms with Crippen LogP contribution in [0.5, 0.6) is 0 Å². The van der Waals surface area contributed by atoms with Gasteiger partial charge in [0.2, 0.25) is 5.95 Å². The number of likely N-dealkylation sites (tertiary alicyclic amines) is 1. The zero-order valence-corrected chi connectivity index (χ0v) is 18.0. The molecule has 0 radical (unpaired) electrons. The molecule has 1 saturated heterocycles. The molecule has 1 aliphatic rings. The number of carbonyl (C=O) groups excluding carboxylic acids is 1. The van der Waals surface area contributed by atoms with E-state index in [-0.39, 0.29) is 11.9 Å². The Kier molecular flexibility index (Phi) is 5.63. The number of benzene rings is 1. The van der Waals surface area contributed by atoms with Crippen LogP contribution in [-0.2, 0) is 0 Å². The quantitative estimate of drug-likeness (QED) is 0.634. The van der Waals surface area contributed by atoms with Gasteiger partial charge in [0.25, 0.3) is 5.91 Å². The van der Waals surface area contributed by atoms with Crippen molar-refractivity contribution in [2.45, 2.75) is 25.8 Å². The van der Waals surface area contributed by atoms with Gasteiger partial charge in [0.15, 0.2) is 0 Å². The number of aromatic nitrogens is 4. The number of halogens is 1. The van der Waals surface area contributed by atoms with E-state index in [0.29, 0.717) is 23.2 Å². The normalized spacial score (nSPS) is 16.0. The van der Waals surface area contributed by atoms with Crippen LogP contribution < -0.4 is 4.90 Å². The second-order valence-corrected chi connectivity index (χ2v) is 8.01. The number of carbonyl (C=O) groups is 1. The van der Waals surface area contributed by atoms with Crippen molar-refractivity contribution in [1.82, 2.24) is 24.8 Å². The first-order valence-electron chi connectivity index (χ1n) is 9.84. The lowest BCUT2D eigenvalue weighted by molar-refractivity contribution is 0.0726. The second kappa shape index (κ2) is 8.36. The van der Waals surface area contributed by atoms with Gasteiger partial charge in [0.1, 0.15) is 5.69 Å². The van der Waals surface area contributed by atoms with Gasteiger partial charge in [-0.05, 0) is 37.5 Å². The molecule has 2 aromatic heterocycles. The largest absolute Gasteiger partial charge is 0.347 e. The number of nitrogens with zero attached hydrogens (tertiary/aromatic N) is 6. The van der Waals surface area contributed by atoms with E-state index in [0.717, 1.165) is 35.4 Å². The minimum absolute atomic E-state index is 0.128. The number of amides is 1. The molecule has 4 rings (SSSR count). The molecule has 7 nitrogen and oxygen atoms in total. The Balaban J connectivity index is 1.76. The van der Waals surface area contributed by atoms with Crippen molar-refractivity contribution in [3.63, 3.8) is 0 Å². The number of hydrogen-bond acceptors (Lipinski definition) is 6. The molecule has 1 amide bonds. The van der Waals surface area contributed by atoms with Gasteiger partial charge >= 0.3 is 0 Å². The Labute approximate surface area is 180 Å². The summed E-state index contributed by atoms with van der Waals surface area (Å²) < 4.78 is 0. The third-order valence-electron chi connectivity index (χ3n) is 5.19. The van der Waals surface area contributed by atoms with Gasteiger partial charge in [-0.25, -0.2) is 15.0 Å². The van der Waals surface area contributed by atoms with Crippen LogP contribution >= 0.6 is 11.6 Å². The standard InChI is InChI=1S/C22H23ClN6O/c1-14-11-25-18(13-24-14)21(30)29-10-4-5-19(29)20-17(12-26-22(27-20)28(2)3)15-6-8-16(23)9-7-15/h6-9,11-13,19H,4-5,10H2,1-3H3/t19-/m0/s1. The molecule has 1 fully saturated rings. The van der Waals surface area contributed by atoms with E-state index in [9.17, 15) is 4.79 Å². The Morgan fingerprint density at radius 1 is 1.10 bits per heavy atom. The minimum Gasteiger partial charge on any atom is -0.347 e. The van der Waals surface area contributed by atoms with Crippen molar-refractivity contribution < 1.29 is 4.79 Å². The Morgan fingerprint density at radius 3 is 2.53 bits per heavy atom. The summed E-state index contributed by atoms with van der Waals surface area (Å²) in [4.78, 5) is 34.8. The first-order chi connectivity index (χ1) is 14.4. The summed E-state index contributed by atoms with van der Waals surface area (Å²) in [5, 5.41) is 0.668. The molecule has 3 heterocycles. The highest BCUT2D eigenvalue weighted by Crippen LogP contribution is 2.38. The van der Waals surface area contributed by atoms with E-state index >= 15 is 0 Å². The minimum atomic E-state index is -0.159. The summed E-state index contributed by atoms with van der Waals surface area (Å²) >= 11 is 6.07. The predicted molar refractivity (Wildman–Crippen MR) is 117 cm³/mol. The van der Waals surface area contributed by atoms with Crippen molar-refractivity contribution in [3.05, 3.63) is 65.0 Å². The SMILES string of the molecule is Cc1cnc(C(=O)N2CCC[C@H]2c2nc(N(C)C)ncc2-c2ccc(Cl)cc2)cn1. The molecule has 0 N–H and O–H groups in total. The van der Waals surface area contributed by atoms with Crippen LogP contribution in [0.3, 0.4) is 0 Å². The van der Waals surface area contributed by atoms with E-state index in [1.54, 1.807) is 12.4 Å². The lowest BCUT2D eigenvalue weighted by Gasteiger charge is -2.26. The average molecular weight is 423 g/mol. The summed E-state index contributed by atoms with van der Waals surface area (Å²) in [5.41, 5.74) is 3.83. The molecule has 1 atom stereocenters. The van der Waals surface area contributed by atoms with Crippen molar-refractivity contribution in [2.75, 3.05) is 25.5 Å². The summed E-state index contributed by atoms with van der Waals surface area (Å²) in [7, 11) is 3.81. The van der Waals surface area contributed by atoms with Crippen LogP contribution in [0, 0.1) is 6.92 Å². The third kappa shape index (κ3) is 3.98. The van der Waals surface area contributed by atoms with Crippen LogP contribution in [0.4, 0.5) is 5.95 Å². The molecule has 0 unspecified atom stereocenters. The summed E-state index contributed by atoms with van der Waals surface area (Å²) in [6, 6.07) is 7.44. The highest BCUT2D eigenvalue weighted by Gasteiger charge is 2.34.